The Bertz CT molecular complexity index is 719. The number of nitrogens with zero attached hydrogens (tertiary/aromatic N) is 2. The van der Waals surface area contributed by atoms with Crippen molar-refractivity contribution in [2.75, 3.05) is 19.7 Å². The summed E-state index contributed by atoms with van der Waals surface area (Å²) >= 11 is 0. The molecule has 132 valence electrons. The van der Waals surface area contributed by atoms with Crippen LogP contribution in [0.1, 0.15) is 37.9 Å². The van der Waals surface area contributed by atoms with Gasteiger partial charge in [-0.15, -0.1) is 13.2 Å². The predicted molar refractivity (Wildman–Crippen MR) is 106 cm³/mol. The first kappa shape index (κ1) is 17.7. The Morgan fingerprint density at radius 1 is 1.24 bits per heavy atom. The van der Waals surface area contributed by atoms with Crippen LogP contribution in [-0.4, -0.2) is 36.0 Å². The van der Waals surface area contributed by atoms with Gasteiger partial charge in [0.15, 0.2) is 0 Å². The zero-order valence-corrected chi connectivity index (χ0v) is 15.5. The maximum absolute atomic E-state index is 5.94. The van der Waals surface area contributed by atoms with E-state index in [0.717, 1.165) is 24.6 Å². The molecule has 2 atom stereocenters. The van der Waals surface area contributed by atoms with Crippen molar-refractivity contribution in [3.63, 3.8) is 0 Å². The Morgan fingerprint density at radius 3 is 2.52 bits per heavy atom. The third-order valence-corrected chi connectivity index (χ3v) is 4.81. The van der Waals surface area contributed by atoms with E-state index in [2.05, 4.69) is 69.2 Å². The van der Waals surface area contributed by atoms with Gasteiger partial charge in [0.25, 0.3) is 0 Å². The molecule has 0 amide bonds. The molecule has 25 heavy (non-hydrogen) atoms. The molecule has 0 fully saturated rings. The lowest BCUT2D eigenvalue weighted by atomic mass is 9.80. The van der Waals surface area contributed by atoms with Gasteiger partial charge in [-0.3, -0.25) is 4.90 Å². The van der Waals surface area contributed by atoms with E-state index in [1.807, 2.05) is 12.2 Å². The van der Waals surface area contributed by atoms with Crippen molar-refractivity contribution in [3.8, 4) is 0 Å². The minimum Gasteiger partial charge on any atom is -0.475 e. The number of rotatable bonds is 6. The number of benzene rings is 1. The van der Waals surface area contributed by atoms with Crippen LogP contribution in [-0.2, 0) is 4.74 Å². The highest BCUT2D eigenvalue weighted by Crippen LogP contribution is 2.41. The van der Waals surface area contributed by atoms with E-state index in [1.54, 1.807) is 0 Å². The van der Waals surface area contributed by atoms with Crippen molar-refractivity contribution in [1.82, 2.24) is 4.90 Å². The SMILES string of the molecule is C=CCN(CC=C)[C@H]1c2ccccc2C(C2=NC(C)(C)CO2)=C[C@@H]1C. The third kappa shape index (κ3) is 3.47. The van der Waals surface area contributed by atoms with Gasteiger partial charge >= 0.3 is 0 Å². The van der Waals surface area contributed by atoms with Crippen LogP contribution in [0.25, 0.3) is 5.57 Å². The lowest BCUT2D eigenvalue weighted by Gasteiger charge is -2.38. The maximum Gasteiger partial charge on any atom is 0.217 e. The quantitative estimate of drug-likeness (QED) is 0.707. The largest absolute Gasteiger partial charge is 0.475 e. The van der Waals surface area contributed by atoms with Crippen LogP contribution in [0.5, 0.6) is 0 Å². The van der Waals surface area contributed by atoms with Crippen LogP contribution < -0.4 is 0 Å². The van der Waals surface area contributed by atoms with E-state index in [1.165, 1.54) is 11.1 Å². The molecule has 1 aliphatic heterocycles. The van der Waals surface area contributed by atoms with Crippen LogP contribution in [0.2, 0.25) is 0 Å². The first-order valence-corrected chi connectivity index (χ1v) is 8.97. The number of ether oxygens (including phenoxy) is 1. The molecule has 0 aromatic heterocycles. The molecule has 0 spiro atoms. The molecule has 2 aliphatic rings. The fraction of sp³-hybridized carbons (Fsp3) is 0.409. The number of hydrogen-bond acceptors (Lipinski definition) is 3. The average molecular weight is 336 g/mol. The maximum atomic E-state index is 5.94. The summed E-state index contributed by atoms with van der Waals surface area (Å²) in [5, 5.41) is 0. The van der Waals surface area contributed by atoms with E-state index in [4.69, 9.17) is 9.73 Å². The van der Waals surface area contributed by atoms with Crippen LogP contribution in [0.4, 0.5) is 0 Å². The minimum absolute atomic E-state index is 0.150. The zero-order chi connectivity index (χ0) is 18.0. The summed E-state index contributed by atoms with van der Waals surface area (Å²) in [6, 6.07) is 8.90. The molecule has 1 aromatic carbocycles. The molecule has 3 rings (SSSR count). The van der Waals surface area contributed by atoms with Gasteiger partial charge in [-0.2, -0.15) is 0 Å². The fourth-order valence-corrected chi connectivity index (χ4v) is 3.80. The summed E-state index contributed by atoms with van der Waals surface area (Å²) in [5.74, 6) is 1.13. The van der Waals surface area contributed by atoms with Gasteiger partial charge in [0, 0.05) is 24.7 Å². The standard InChI is InChI=1S/C22H28N2O/c1-6-12-24(13-7-2)20-16(3)14-19(17-10-8-9-11-18(17)20)21-23-22(4,5)15-25-21/h6-11,14,16,20H,1-2,12-13,15H2,3-5H3/t16-,20+/m0/s1. The normalized spacial score (nSPS) is 24.2. The molecule has 1 aromatic rings. The first-order chi connectivity index (χ1) is 12.0. The summed E-state index contributed by atoms with van der Waals surface area (Å²) < 4.78 is 5.94. The van der Waals surface area contributed by atoms with Gasteiger partial charge in [-0.25, -0.2) is 4.99 Å². The highest BCUT2D eigenvalue weighted by molar-refractivity contribution is 6.21. The summed E-state index contributed by atoms with van der Waals surface area (Å²) in [7, 11) is 0. The van der Waals surface area contributed by atoms with Crippen LogP contribution in [0, 0.1) is 5.92 Å². The summed E-state index contributed by atoms with van der Waals surface area (Å²) in [4.78, 5) is 7.21. The van der Waals surface area contributed by atoms with Gasteiger partial charge in [0.1, 0.15) is 6.61 Å². The van der Waals surface area contributed by atoms with Crippen molar-refractivity contribution in [3.05, 3.63) is 66.8 Å². The number of fused-ring (bicyclic) bond motifs is 1. The molecule has 0 unspecified atom stereocenters. The van der Waals surface area contributed by atoms with Crippen molar-refractivity contribution in [1.29, 1.82) is 0 Å². The molecule has 1 heterocycles. The smallest absolute Gasteiger partial charge is 0.217 e. The lowest BCUT2D eigenvalue weighted by molar-refractivity contribution is 0.202. The molecule has 0 saturated heterocycles. The third-order valence-electron chi connectivity index (χ3n) is 4.81. The molecule has 0 bridgehead atoms. The van der Waals surface area contributed by atoms with Crippen molar-refractivity contribution in [2.24, 2.45) is 10.9 Å². The molecule has 0 saturated carbocycles. The fourth-order valence-electron chi connectivity index (χ4n) is 3.80. The van der Waals surface area contributed by atoms with Crippen LogP contribution >= 0.6 is 0 Å². The molecule has 0 radical (unpaired) electrons. The molecular formula is C22H28N2O. The Morgan fingerprint density at radius 2 is 1.92 bits per heavy atom. The first-order valence-electron chi connectivity index (χ1n) is 8.97. The molecule has 3 heteroatoms. The monoisotopic (exact) mass is 336 g/mol. The Kier molecular flexibility index (Phi) is 4.96. The molecule has 1 aliphatic carbocycles. The number of hydrogen-bond donors (Lipinski definition) is 0. The summed E-state index contributed by atoms with van der Waals surface area (Å²) in [6.45, 7) is 16.6. The van der Waals surface area contributed by atoms with E-state index in [9.17, 15) is 0 Å². The minimum atomic E-state index is -0.150. The summed E-state index contributed by atoms with van der Waals surface area (Å²) in [6.07, 6.45) is 6.24. The zero-order valence-electron chi connectivity index (χ0n) is 15.5. The Labute approximate surface area is 151 Å². The van der Waals surface area contributed by atoms with Crippen molar-refractivity contribution >= 4 is 11.5 Å². The Balaban J connectivity index is 2.05. The Hall–Kier alpha value is -2.13. The average Bonchev–Trinajstić information content (AvgIpc) is 2.94. The number of aliphatic imine (C=N–C) groups is 1. The highest BCUT2D eigenvalue weighted by Gasteiger charge is 2.35. The van der Waals surface area contributed by atoms with Crippen molar-refractivity contribution < 1.29 is 4.74 Å². The highest BCUT2D eigenvalue weighted by atomic mass is 16.5. The van der Waals surface area contributed by atoms with Gasteiger partial charge in [0.05, 0.1) is 5.54 Å². The lowest BCUT2D eigenvalue weighted by Crippen LogP contribution is -2.35. The second-order valence-electron chi connectivity index (χ2n) is 7.52. The van der Waals surface area contributed by atoms with Gasteiger partial charge in [0.2, 0.25) is 5.90 Å². The van der Waals surface area contributed by atoms with Crippen molar-refractivity contribution in [2.45, 2.75) is 32.4 Å². The van der Waals surface area contributed by atoms with Gasteiger partial charge < -0.3 is 4.74 Å². The van der Waals surface area contributed by atoms with E-state index in [-0.39, 0.29) is 5.54 Å². The molecular weight excluding hydrogens is 308 g/mol. The van der Waals surface area contributed by atoms with Crippen LogP contribution in [0.3, 0.4) is 0 Å². The van der Waals surface area contributed by atoms with E-state index < -0.39 is 0 Å². The van der Waals surface area contributed by atoms with E-state index >= 15 is 0 Å². The van der Waals surface area contributed by atoms with E-state index in [0.29, 0.717) is 18.6 Å². The molecule has 0 N–H and O–H groups in total. The predicted octanol–water partition coefficient (Wildman–Crippen LogP) is 4.64. The molecule has 3 nitrogen and oxygen atoms in total. The topological polar surface area (TPSA) is 24.8 Å². The van der Waals surface area contributed by atoms with Gasteiger partial charge in [-0.05, 0) is 30.9 Å². The second-order valence-corrected chi connectivity index (χ2v) is 7.52. The second kappa shape index (κ2) is 7.01. The van der Waals surface area contributed by atoms with Crippen LogP contribution in [0.15, 0.2) is 60.6 Å². The van der Waals surface area contributed by atoms with Gasteiger partial charge in [-0.1, -0.05) is 49.4 Å². The summed E-state index contributed by atoms with van der Waals surface area (Å²) in [5.41, 5.74) is 3.53.